The molecule has 0 aliphatic rings. The van der Waals surface area contributed by atoms with Gasteiger partial charge in [-0.3, -0.25) is 0 Å². The zero-order valence-electron chi connectivity index (χ0n) is 8.04. The zero-order chi connectivity index (χ0) is 9.19. The molecule has 0 spiro atoms. The summed E-state index contributed by atoms with van der Waals surface area (Å²) in [7, 11) is 2.92. The fourth-order valence-corrected chi connectivity index (χ4v) is 1.38. The molecule has 0 aliphatic heterocycles. The molecule has 0 nitrogen and oxygen atoms in total. The van der Waals surface area contributed by atoms with Crippen LogP contribution in [-0.4, -0.2) is 6.43 Å². The second-order valence-corrected chi connectivity index (χ2v) is 4.92. The summed E-state index contributed by atoms with van der Waals surface area (Å²) < 4.78 is 0. The summed E-state index contributed by atoms with van der Waals surface area (Å²) in [6, 6.07) is 10.6. The molecule has 2 heteroatoms. The van der Waals surface area contributed by atoms with Crippen LogP contribution in [0.15, 0.2) is 30.3 Å². The molecular weight excluding hydrogens is 162 g/mol. The van der Waals surface area contributed by atoms with Gasteiger partial charge in [-0.15, -0.1) is 0 Å². The molecule has 1 unspecified atom stereocenters. The fourth-order valence-electron chi connectivity index (χ4n) is 1.16. The van der Waals surface area contributed by atoms with Gasteiger partial charge in [0.05, 0.1) is 0 Å². The van der Waals surface area contributed by atoms with Gasteiger partial charge >= 0.3 is 0 Å². The molecule has 0 aromatic heterocycles. The Bertz CT molecular complexity index is 238. The molecule has 0 saturated carbocycles. The molecule has 0 fully saturated rings. The van der Waals surface area contributed by atoms with Crippen molar-refractivity contribution in [2.75, 3.05) is 0 Å². The van der Waals surface area contributed by atoms with Crippen LogP contribution in [0.4, 0.5) is 0 Å². The van der Waals surface area contributed by atoms with Crippen LogP contribution in [0.3, 0.4) is 0 Å². The monoisotopic (exact) mass is 178 g/mol. The molecule has 1 atom stereocenters. The van der Waals surface area contributed by atoms with E-state index in [-0.39, 0.29) is 0 Å². The van der Waals surface area contributed by atoms with Crippen molar-refractivity contribution in [2.45, 2.75) is 26.1 Å². The third-order valence-electron chi connectivity index (χ3n) is 2.09. The molecule has 1 rings (SSSR count). The molecule has 1 aromatic rings. The van der Waals surface area contributed by atoms with Gasteiger partial charge in [0, 0.05) is 0 Å². The minimum absolute atomic E-state index is 0.325. The molecule has 64 valence electrons. The zero-order valence-corrected chi connectivity index (χ0v) is 9.20. The van der Waals surface area contributed by atoms with Crippen LogP contribution in [0.25, 0.3) is 0 Å². The maximum atomic E-state index is 2.92. The Hall–Kier alpha value is -0.285. The Labute approximate surface area is 78.0 Å². The predicted octanol–water partition coefficient (Wildman–Crippen LogP) is 2.56. The molecule has 12 heavy (non-hydrogen) atoms. The van der Waals surface area contributed by atoms with E-state index in [2.05, 4.69) is 60.2 Å². The van der Waals surface area contributed by atoms with Crippen LogP contribution in [0, 0.1) is 0 Å². The van der Waals surface area contributed by atoms with E-state index in [0.717, 1.165) is 0 Å². The minimum Gasteiger partial charge on any atom is -0.165 e. The summed E-state index contributed by atoms with van der Waals surface area (Å²) in [6.45, 7) is 6.78. The first-order valence-electron chi connectivity index (χ1n) is 4.32. The van der Waals surface area contributed by atoms with E-state index in [1.807, 2.05) is 0 Å². The van der Waals surface area contributed by atoms with Crippen LogP contribution in [0.2, 0.25) is 5.31 Å². The Morgan fingerprint density at radius 3 is 2.00 bits per heavy atom. The van der Waals surface area contributed by atoms with E-state index < -0.39 is 0 Å². The molecule has 0 N–H and O–H groups in total. The summed E-state index contributed by atoms with van der Waals surface area (Å²) in [5.74, 6) is 0. The highest BCUT2D eigenvalue weighted by atomic mass is 31.0. The van der Waals surface area contributed by atoms with Crippen LogP contribution in [-0.2, 0) is 0 Å². The van der Waals surface area contributed by atoms with Crippen LogP contribution in [0.5, 0.6) is 0 Å². The van der Waals surface area contributed by atoms with Gasteiger partial charge in [-0.2, -0.15) is 9.12 Å². The van der Waals surface area contributed by atoms with Gasteiger partial charge in [-0.25, -0.2) is 0 Å². The standard InChI is InChI=1S/C10H16BP/c1-10(2,3)11(12)9-7-5-4-6-8-9/h4-8H,12H2,1-3H3. The normalized spacial score (nSPS) is 11.3. The van der Waals surface area contributed by atoms with Gasteiger partial charge in [0.15, 0.2) is 0 Å². The van der Waals surface area contributed by atoms with E-state index in [1.54, 1.807) is 0 Å². The minimum atomic E-state index is 0.325. The van der Waals surface area contributed by atoms with Gasteiger partial charge in [-0.1, -0.05) is 61.9 Å². The summed E-state index contributed by atoms with van der Waals surface area (Å²) in [6.07, 6.45) is 0.540. The smallest absolute Gasteiger partial charge is 0.165 e. The maximum absolute atomic E-state index is 2.92. The third-order valence-corrected chi connectivity index (χ3v) is 3.48. The van der Waals surface area contributed by atoms with Crippen molar-refractivity contribution in [3.63, 3.8) is 0 Å². The van der Waals surface area contributed by atoms with E-state index in [9.17, 15) is 0 Å². The largest absolute Gasteiger partial charge is 0.203 e. The van der Waals surface area contributed by atoms with E-state index in [1.165, 1.54) is 5.46 Å². The van der Waals surface area contributed by atoms with Crippen molar-refractivity contribution in [1.82, 2.24) is 0 Å². The summed E-state index contributed by atoms with van der Waals surface area (Å²) in [5.41, 5.74) is 1.40. The Kier molecular flexibility index (Phi) is 2.96. The molecule has 0 amide bonds. The third kappa shape index (κ3) is 2.35. The van der Waals surface area contributed by atoms with Crippen LogP contribution >= 0.6 is 9.12 Å². The summed E-state index contributed by atoms with van der Waals surface area (Å²) >= 11 is 0. The number of hydrogen-bond acceptors (Lipinski definition) is 0. The Balaban J connectivity index is 2.86. The second kappa shape index (κ2) is 3.62. The number of rotatable bonds is 1. The van der Waals surface area contributed by atoms with Crippen LogP contribution in [0.1, 0.15) is 20.8 Å². The maximum Gasteiger partial charge on any atom is 0.203 e. The average molecular weight is 178 g/mol. The van der Waals surface area contributed by atoms with Gasteiger partial charge in [-0.05, 0) is 0 Å². The molecule has 0 radical (unpaired) electrons. The highest BCUT2D eigenvalue weighted by molar-refractivity contribution is 7.65. The second-order valence-electron chi connectivity index (χ2n) is 4.25. The molecule has 0 heterocycles. The highest BCUT2D eigenvalue weighted by Gasteiger charge is 2.25. The first kappa shape index (κ1) is 9.80. The van der Waals surface area contributed by atoms with Gasteiger partial charge in [0.25, 0.3) is 0 Å². The molecule has 1 aromatic carbocycles. The average Bonchev–Trinajstić information content (AvgIpc) is 2.03. The van der Waals surface area contributed by atoms with Crippen molar-refractivity contribution in [3.05, 3.63) is 30.3 Å². The van der Waals surface area contributed by atoms with Crippen molar-refractivity contribution in [2.24, 2.45) is 0 Å². The van der Waals surface area contributed by atoms with E-state index >= 15 is 0 Å². The first-order valence-corrected chi connectivity index (χ1v) is 4.99. The fraction of sp³-hybridized carbons (Fsp3) is 0.400. The lowest BCUT2D eigenvalue weighted by atomic mass is 9.49. The quantitative estimate of drug-likeness (QED) is 0.457. The first-order chi connectivity index (χ1) is 5.52. The lowest BCUT2D eigenvalue weighted by molar-refractivity contribution is 0.755. The molecule has 0 bridgehead atoms. The Morgan fingerprint density at radius 2 is 1.58 bits per heavy atom. The SMILES string of the molecule is CC(C)(C)B(P)c1ccccc1. The Morgan fingerprint density at radius 1 is 1.08 bits per heavy atom. The highest BCUT2D eigenvalue weighted by Crippen LogP contribution is 2.29. The van der Waals surface area contributed by atoms with Crippen molar-refractivity contribution in [1.29, 1.82) is 0 Å². The number of hydrogen-bond donors (Lipinski definition) is 0. The van der Waals surface area contributed by atoms with Crippen molar-refractivity contribution < 1.29 is 0 Å². The van der Waals surface area contributed by atoms with E-state index in [0.29, 0.717) is 11.7 Å². The molecular formula is C10H16BP. The van der Waals surface area contributed by atoms with Crippen LogP contribution < -0.4 is 5.46 Å². The van der Waals surface area contributed by atoms with Crippen molar-refractivity contribution in [3.8, 4) is 0 Å². The van der Waals surface area contributed by atoms with E-state index in [4.69, 9.17) is 0 Å². The lowest BCUT2D eigenvalue weighted by Gasteiger charge is -2.24. The molecule has 0 aliphatic carbocycles. The van der Waals surface area contributed by atoms with Gasteiger partial charge in [0.2, 0.25) is 6.43 Å². The predicted molar refractivity (Wildman–Crippen MR) is 61.3 cm³/mol. The topological polar surface area (TPSA) is 0 Å². The summed E-state index contributed by atoms with van der Waals surface area (Å²) in [5, 5.41) is 0.325. The summed E-state index contributed by atoms with van der Waals surface area (Å²) in [4.78, 5) is 0. The molecule has 0 saturated heterocycles. The number of benzene rings is 1. The van der Waals surface area contributed by atoms with Crippen molar-refractivity contribution >= 4 is 21.0 Å². The van der Waals surface area contributed by atoms with Gasteiger partial charge < -0.3 is 0 Å². The van der Waals surface area contributed by atoms with Gasteiger partial charge in [0.1, 0.15) is 0 Å². The lowest BCUT2D eigenvalue weighted by Crippen LogP contribution is -2.32.